The fraction of sp³-hybridized carbons (Fsp3) is 0.467. The van der Waals surface area contributed by atoms with Crippen molar-refractivity contribution in [1.29, 1.82) is 0 Å². The maximum Gasteiger partial charge on any atom is 0.319 e. The van der Waals surface area contributed by atoms with Crippen molar-refractivity contribution >= 4 is 23.5 Å². The molecule has 2 aromatic rings. The highest BCUT2D eigenvalue weighted by Gasteiger charge is 2.18. The highest BCUT2D eigenvalue weighted by molar-refractivity contribution is 5.92. The molecule has 0 aliphatic carbocycles. The van der Waals surface area contributed by atoms with Crippen LogP contribution in [0, 0.1) is 0 Å². The van der Waals surface area contributed by atoms with Gasteiger partial charge in [0.1, 0.15) is 0 Å². The molecule has 2 N–H and O–H groups in total. The van der Waals surface area contributed by atoms with E-state index in [1.165, 1.54) is 0 Å². The first-order valence-electron chi connectivity index (χ1n) is 7.88. The third-order valence-electron chi connectivity index (χ3n) is 3.70. The van der Waals surface area contributed by atoms with Crippen LogP contribution in [-0.2, 0) is 6.54 Å². The van der Waals surface area contributed by atoms with Crippen LogP contribution in [0.25, 0.3) is 0 Å². The smallest absolute Gasteiger partial charge is 0.319 e. The maximum atomic E-state index is 12.1. The van der Waals surface area contributed by atoms with Gasteiger partial charge in [0.25, 0.3) is 5.95 Å². The molecule has 24 heavy (non-hydrogen) atoms. The number of nitrogens with one attached hydrogen (secondary N) is 2. The molecular weight excluding hydrogens is 310 g/mol. The summed E-state index contributed by atoms with van der Waals surface area (Å²) in [5.74, 6) is 1.62. The molecule has 1 aliphatic heterocycles. The fourth-order valence-electron chi connectivity index (χ4n) is 2.50. The molecule has 0 bridgehead atoms. The number of carbonyl (C=O) groups is 1. The van der Waals surface area contributed by atoms with Gasteiger partial charge in [0.15, 0.2) is 5.82 Å². The normalized spacial score (nSPS) is 13.8. The van der Waals surface area contributed by atoms with Crippen molar-refractivity contribution in [1.82, 2.24) is 20.4 Å². The first kappa shape index (κ1) is 16.0. The van der Waals surface area contributed by atoms with Gasteiger partial charge in [-0.05, 0) is 30.1 Å². The van der Waals surface area contributed by atoms with Gasteiger partial charge in [0.2, 0.25) is 5.89 Å². The summed E-state index contributed by atoms with van der Waals surface area (Å²) < 4.78 is 5.07. The molecule has 0 radical (unpaired) electrons. The number of hydrogen-bond acceptors (Lipinski definition) is 7. The van der Waals surface area contributed by atoms with E-state index in [2.05, 4.69) is 30.7 Å². The van der Waals surface area contributed by atoms with Crippen LogP contribution in [0.2, 0.25) is 0 Å². The lowest BCUT2D eigenvalue weighted by atomic mass is 10.3. The standard InChI is InChI=1S/C15H21N7O2/c1-21(2)14-19-12(24-20-14)10-17-15(23)18-11-6-5-7-16-13(11)22-8-3-4-9-22/h5-7H,3-4,8-10H2,1-2H3,(H2,17,18,23). The maximum absolute atomic E-state index is 12.1. The Morgan fingerprint density at radius 3 is 2.88 bits per heavy atom. The average molecular weight is 331 g/mol. The van der Waals surface area contributed by atoms with Gasteiger partial charge in [-0.1, -0.05) is 0 Å². The summed E-state index contributed by atoms with van der Waals surface area (Å²) in [6, 6.07) is 3.31. The van der Waals surface area contributed by atoms with Crippen molar-refractivity contribution in [2.45, 2.75) is 19.4 Å². The summed E-state index contributed by atoms with van der Waals surface area (Å²) in [7, 11) is 3.63. The Balaban J connectivity index is 1.58. The molecule has 1 saturated heterocycles. The molecule has 0 atom stereocenters. The van der Waals surface area contributed by atoms with E-state index in [9.17, 15) is 4.79 Å². The van der Waals surface area contributed by atoms with Crippen LogP contribution < -0.4 is 20.4 Å². The van der Waals surface area contributed by atoms with Gasteiger partial charge in [-0.15, -0.1) is 0 Å². The number of carbonyl (C=O) groups excluding carboxylic acids is 1. The third kappa shape index (κ3) is 3.73. The fourth-order valence-corrected chi connectivity index (χ4v) is 2.50. The SMILES string of the molecule is CN(C)c1noc(CNC(=O)Nc2cccnc2N2CCCC2)n1. The van der Waals surface area contributed by atoms with Crippen molar-refractivity contribution in [2.75, 3.05) is 42.3 Å². The highest BCUT2D eigenvalue weighted by Crippen LogP contribution is 2.25. The topological polar surface area (TPSA) is 99.4 Å². The lowest BCUT2D eigenvalue weighted by Crippen LogP contribution is -2.30. The molecule has 1 fully saturated rings. The van der Waals surface area contributed by atoms with E-state index in [0.717, 1.165) is 31.7 Å². The van der Waals surface area contributed by atoms with Crippen LogP contribution >= 0.6 is 0 Å². The summed E-state index contributed by atoms with van der Waals surface area (Å²) in [5, 5.41) is 9.33. The first-order chi connectivity index (χ1) is 11.6. The monoisotopic (exact) mass is 331 g/mol. The van der Waals surface area contributed by atoms with E-state index in [0.29, 0.717) is 17.5 Å². The van der Waals surface area contributed by atoms with E-state index < -0.39 is 0 Å². The largest absolute Gasteiger partial charge is 0.355 e. The predicted molar refractivity (Wildman–Crippen MR) is 90.2 cm³/mol. The molecule has 9 nitrogen and oxygen atoms in total. The molecule has 3 rings (SSSR count). The zero-order valence-corrected chi connectivity index (χ0v) is 13.8. The zero-order chi connectivity index (χ0) is 16.9. The van der Waals surface area contributed by atoms with E-state index in [-0.39, 0.29) is 12.6 Å². The molecule has 0 aromatic carbocycles. The minimum Gasteiger partial charge on any atom is -0.355 e. The first-order valence-corrected chi connectivity index (χ1v) is 7.88. The predicted octanol–water partition coefficient (Wildman–Crippen LogP) is 1.45. The average Bonchev–Trinajstić information content (AvgIpc) is 3.25. The number of aromatic nitrogens is 3. The summed E-state index contributed by atoms with van der Waals surface area (Å²) >= 11 is 0. The summed E-state index contributed by atoms with van der Waals surface area (Å²) in [5.41, 5.74) is 0.691. The second-order valence-corrected chi connectivity index (χ2v) is 5.76. The van der Waals surface area contributed by atoms with E-state index in [4.69, 9.17) is 4.52 Å². The Bertz CT molecular complexity index is 695. The minimum atomic E-state index is -0.340. The van der Waals surface area contributed by atoms with Gasteiger partial charge < -0.3 is 25.0 Å². The van der Waals surface area contributed by atoms with Crippen LogP contribution in [-0.4, -0.2) is 48.3 Å². The number of rotatable bonds is 5. The Morgan fingerprint density at radius 1 is 1.38 bits per heavy atom. The number of hydrogen-bond donors (Lipinski definition) is 2. The zero-order valence-electron chi connectivity index (χ0n) is 13.8. The molecule has 1 aliphatic rings. The minimum absolute atomic E-state index is 0.159. The number of urea groups is 1. The van der Waals surface area contributed by atoms with Crippen molar-refractivity contribution in [2.24, 2.45) is 0 Å². The molecule has 2 aromatic heterocycles. The van der Waals surface area contributed by atoms with Crippen molar-refractivity contribution in [3.63, 3.8) is 0 Å². The van der Waals surface area contributed by atoms with Gasteiger partial charge in [-0.25, -0.2) is 9.78 Å². The molecule has 2 amide bonds. The number of pyridine rings is 1. The van der Waals surface area contributed by atoms with Gasteiger partial charge in [-0.3, -0.25) is 0 Å². The van der Waals surface area contributed by atoms with Gasteiger partial charge in [0, 0.05) is 33.4 Å². The van der Waals surface area contributed by atoms with E-state index in [1.54, 1.807) is 17.2 Å². The van der Waals surface area contributed by atoms with Crippen LogP contribution in [0.5, 0.6) is 0 Å². The molecule has 9 heteroatoms. The van der Waals surface area contributed by atoms with Crippen molar-refractivity contribution in [3.8, 4) is 0 Å². The van der Waals surface area contributed by atoms with Crippen LogP contribution in [0.3, 0.4) is 0 Å². The van der Waals surface area contributed by atoms with Gasteiger partial charge in [-0.2, -0.15) is 4.98 Å². The molecule has 128 valence electrons. The molecule has 3 heterocycles. The second-order valence-electron chi connectivity index (χ2n) is 5.76. The number of nitrogens with zero attached hydrogens (tertiary/aromatic N) is 5. The Morgan fingerprint density at radius 2 is 2.17 bits per heavy atom. The third-order valence-corrected chi connectivity index (χ3v) is 3.70. The Labute approximate surface area is 140 Å². The van der Waals surface area contributed by atoms with Crippen LogP contribution in [0.1, 0.15) is 18.7 Å². The number of amides is 2. The van der Waals surface area contributed by atoms with Crippen LogP contribution in [0.4, 0.5) is 22.2 Å². The lowest BCUT2D eigenvalue weighted by Gasteiger charge is -2.19. The van der Waals surface area contributed by atoms with E-state index in [1.807, 2.05) is 20.2 Å². The van der Waals surface area contributed by atoms with Gasteiger partial charge >= 0.3 is 6.03 Å². The quantitative estimate of drug-likeness (QED) is 0.855. The van der Waals surface area contributed by atoms with Crippen LogP contribution in [0.15, 0.2) is 22.9 Å². The lowest BCUT2D eigenvalue weighted by molar-refractivity contribution is 0.249. The van der Waals surface area contributed by atoms with E-state index >= 15 is 0 Å². The van der Waals surface area contributed by atoms with Crippen molar-refractivity contribution < 1.29 is 9.32 Å². The summed E-state index contributed by atoms with van der Waals surface area (Å²) in [4.78, 5) is 24.6. The molecule has 0 unspecified atom stereocenters. The second kappa shape index (κ2) is 7.16. The Kier molecular flexibility index (Phi) is 4.78. The summed E-state index contributed by atoms with van der Waals surface area (Å²) in [6.07, 6.45) is 4.03. The molecular formula is C15H21N7O2. The summed E-state index contributed by atoms with van der Waals surface area (Å²) in [6.45, 7) is 2.08. The highest BCUT2D eigenvalue weighted by atomic mass is 16.5. The Hall–Kier alpha value is -2.84. The number of anilines is 3. The molecule has 0 saturated carbocycles. The molecule has 0 spiro atoms. The van der Waals surface area contributed by atoms with Crippen molar-refractivity contribution in [3.05, 3.63) is 24.2 Å². The van der Waals surface area contributed by atoms with Gasteiger partial charge in [0.05, 0.1) is 12.2 Å².